The van der Waals surface area contributed by atoms with Gasteiger partial charge in [-0.25, -0.2) is 0 Å². The van der Waals surface area contributed by atoms with E-state index in [1.165, 1.54) is 6.39 Å². The lowest BCUT2D eigenvalue weighted by Gasteiger charge is -2.34. The van der Waals surface area contributed by atoms with E-state index < -0.39 is 0 Å². The first kappa shape index (κ1) is 15.5. The zero-order chi connectivity index (χ0) is 13.9. The van der Waals surface area contributed by atoms with Crippen LogP contribution in [0.1, 0.15) is 17.3 Å². The third-order valence-electron chi connectivity index (χ3n) is 3.51. The molecule has 1 N–H and O–H groups in total. The van der Waals surface area contributed by atoms with E-state index in [0.29, 0.717) is 11.4 Å². The van der Waals surface area contributed by atoms with Gasteiger partial charge in [-0.15, -0.1) is 12.4 Å². The van der Waals surface area contributed by atoms with Gasteiger partial charge in [-0.1, -0.05) is 17.3 Å². The number of carbonyl (C=O) groups is 1. The minimum absolute atomic E-state index is 0. The third-order valence-corrected chi connectivity index (χ3v) is 3.51. The van der Waals surface area contributed by atoms with E-state index in [-0.39, 0.29) is 24.4 Å². The highest BCUT2D eigenvalue weighted by Gasteiger charge is 2.23. The number of nitrogens with one attached hydrogen (secondary N) is 1. The SMILES string of the molecule is CC1CNCCN1C(=O)c1ccc(-c2ncon2)cc1.Cl. The van der Waals surface area contributed by atoms with Crippen molar-refractivity contribution in [3.63, 3.8) is 0 Å². The Labute approximate surface area is 128 Å². The number of carbonyl (C=O) groups excluding carboxylic acids is 1. The summed E-state index contributed by atoms with van der Waals surface area (Å²) in [5.41, 5.74) is 1.52. The van der Waals surface area contributed by atoms with Crippen LogP contribution < -0.4 is 5.32 Å². The lowest BCUT2D eigenvalue weighted by atomic mass is 10.1. The highest BCUT2D eigenvalue weighted by Crippen LogP contribution is 2.17. The van der Waals surface area contributed by atoms with Crippen molar-refractivity contribution in [2.75, 3.05) is 19.6 Å². The van der Waals surface area contributed by atoms with Crippen LogP contribution in [0.25, 0.3) is 11.4 Å². The van der Waals surface area contributed by atoms with Crippen LogP contribution in [0, 0.1) is 0 Å². The molecule has 0 bridgehead atoms. The van der Waals surface area contributed by atoms with E-state index in [4.69, 9.17) is 4.52 Å². The fourth-order valence-corrected chi connectivity index (χ4v) is 2.37. The van der Waals surface area contributed by atoms with Crippen molar-refractivity contribution >= 4 is 18.3 Å². The summed E-state index contributed by atoms with van der Waals surface area (Å²) in [7, 11) is 0. The van der Waals surface area contributed by atoms with Gasteiger partial charge in [0.05, 0.1) is 0 Å². The molecule has 0 spiro atoms. The molecule has 1 aliphatic heterocycles. The molecule has 1 saturated heterocycles. The molecule has 1 unspecified atom stereocenters. The van der Waals surface area contributed by atoms with Gasteiger partial charge in [0.25, 0.3) is 5.91 Å². The molecule has 112 valence electrons. The smallest absolute Gasteiger partial charge is 0.254 e. The normalized spacial score (nSPS) is 18.1. The summed E-state index contributed by atoms with van der Waals surface area (Å²) in [4.78, 5) is 18.3. The molecule has 1 aromatic carbocycles. The third kappa shape index (κ3) is 3.22. The van der Waals surface area contributed by atoms with Gasteiger partial charge >= 0.3 is 0 Å². The quantitative estimate of drug-likeness (QED) is 0.912. The van der Waals surface area contributed by atoms with Gasteiger partial charge in [0.15, 0.2) is 0 Å². The van der Waals surface area contributed by atoms with Crippen LogP contribution in [0.15, 0.2) is 35.2 Å². The van der Waals surface area contributed by atoms with Crippen molar-refractivity contribution in [2.45, 2.75) is 13.0 Å². The largest absolute Gasteiger partial charge is 0.342 e. The zero-order valence-electron chi connectivity index (χ0n) is 11.7. The molecule has 1 fully saturated rings. The molecule has 1 aromatic heterocycles. The van der Waals surface area contributed by atoms with Crippen LogP contribution >= 0.6 is 12.4 Å². The number of nitrogens with zero attached hydrogens (tertiary/aromatic N) is 3. The number of rotatable bonds is 2. The maximum atomic E-state index is 12.5. The Morgan fingerprint density at radius 1 is 1.38 bits per heavy atom. The molecule has 1 aliphatic rings. The zero-order valence-corrected chi connectivity index (χ0v) is 12.5. The number of piperazine rings is 1. The number of benzene rings is 1. The first-order valence-corrected chi connectivity index (χ1v) is 6.64. The maximum absolute atomic E-state index is 12.5. The van der Waals surface area contributed by atoms with Crippen molar-refractivity contribution in [3.8, 4) is 11.4 Å². The Balaban J connectivity index is 0.00000161. The van der Waals surface area contributed by atoms with Crippen LogP contribution in [-0.4, -0.2) is 46.6 Å². The Hall–Kier alpha value is -1.92. The summed E-state index contributed by atoms with van der Waals surface area (Å²) >= 11 is 0. The van der Waals surface area contributed by atoms with Crippen LogP contribution in [0.4, 0.5) is 0 Å². The topological polar surface area (TPSA) is 71.3 Å². The summed E-state index contributed by atoms with van der Waals surface area (Å²) < 4.78 is 4.71. The molecular formula is C14H17ClN4O2. The summed E-state index contributed by atoms with van der Waals surface area (Å²) in [5, 5.41) is 7.05. The summed E-state index contributed by atoms with van der Waals surface area (Å²) in [5.74, 6) is 0.596. The van der Waals surface area contributed by atoms with Gasteiger partial charge in [0.1, 0.15) is 0 Å². The number of amides is 1. The van der Waals surface area contributed by atoms with E-state index >= 15 is 0 Å². The van der Waals surface area contributed by atoms with Crippen LogP contribution in [-0.2, 0) is 0 Å². The minimum Gasteiger partial charge on any atom is -0.342 e. The minimum atomic E-state index is 0. The highest BCUT2D eigenvalue weighted by atomic mass is 35.5. The van der Waals surface area contributed by atoms with Crippen molar-refractivity contribution in [1.82, 2.24) is 20.4 Å². The number of hydrogen-bond donors (Lipinski definition) is 1. The van der Waals surface area contributed by atoms with Gasteiger partial charge in [-0.2, -0.15) is 4.98 Å². The number of hydrogen-bond acceptors (Lipinski definition) is 5. The van der Waals surface area contributed by atoms with E-state index in [1.54, 1.807) is 0 Å². The Bertz CT molecular complexity index is 586. The first-order valence-electron chi connectivity index (χ1n) is 6.64. The summed E-state index contributed by atoms with van der Waals surface area (Å²) in [6, 6.07) is 7.51. The predicted molar refractivity (Wildman–Crippen MR) is 80.4 cm³/mol. The van der Waals surface area contributed by atoms with Crippen LogP contribution in [0.2, 0.25) is 0 Å². The van der Waals surface area contributed by atoms with Crippen molar-refractivity contribution in [3.05, 3.63) is 36.2 Å². The highest BCUT2D eigenvalue weighted by molar-refractivity contribution is 5.94. The Morgan fingerprint density at radius 2 is 2.14 bits per heavy atom. The predicted octanol–water partition coefficient (Wildman–Crippen LogP) is 1.59. The monoisotopic (exact) mass is 308 g/mol. The Morgan fingerprint density at radius 3 is 2.76 bits per heavy atom. The fourth-order valence-electron chi connectivity index (χ4n) is 2.37. The second kappa shape index (κ2) is 6.69. The molecule has 3 rings (SSSR count). The lowest BCUT2D eigenvalue weighted by Crippen LogP contribution is -2.52. The van der Waals surface area contributed by atoms with E-state index in [0.717, 1.165) is 25.2 Å². The van der Waals surface area contributed by atoms with Crippen molar-refractivity contribution < 1.29 is 9.32 Å². The number of halogens is 1. The maximum Gasteiger partial charge on any atom is 0.254 e. The molecule has 21 heavy (non-hydrogen) atoms. The van der Waals surface area contributed by atoms with Crippen molar-refractivity contribution in [2.24, 2.45) is 0 Å². The van der Waals surface area contributed by atoms with Gasteiger partial charge in [-0.05, 0) is 19.1 Å². The molecule has 0 radical (unpaired) electrons. The molecule has 1 atom stereocenters. The van der Waals surface area contributed by atoms with Gasteiger partial charge in [0.2, 0.25) is 12.2 Å². The molecule has 1 amide bonds. The van der Waals surface area contributed by atoms with Crippen molar-refractivity contribution in [1.29, 1.82) is 0 Å². The molecule has 0 saturated carbocycles. The second-order valence-electron chi connectivity index (χ2n) is 4.88. The molecule has 0 aliphatic carbocycles. The molecule has 6 nitrogen and oxygen atoms in total. The first-order chi connectivity index (χ1) is 9.75. The van der Waals surface area contributed by atoms with Gasteiger partial charge in [-0.3, -0.25) is 4.79 Å². The van der Waals surface area contributed by atoms with E-state index in [2.05, 4.69) is 22.4 Å². The Kier molecular flexibility index (Phi) is 4.93. The van der Waals surface area contributed by atoms with Crippen LogP contribution in [0.5, 0.6) is 0 Å². The number of aromatic nitrogens is 2. The second-order valence-corrected chi connectivity index (χ2v) is 4.88. The lowest BCUT2D eigenvalue weighted by molar-refractivity contribution is 0.0656. The average molecular weight is 309 g/mol. The average Bonchev–Trinajstić information content (AvgIpc) is 3.01. The van der Waals surface area contributed by atoms with Gasteiger partial charge in [0, 0.05) is 36.8 Å². The fraction of sp³-hybridized carbons (Fsp3) is 0.357. The van der Waals surface area contributed by atoms with Crippen LogP contribution in [0.3, 0.4) is 0 Å². The molecule has 7 heteroatoms. The van der Waals surface area contributed by atoms with E-state index in [1.807, 2.05) is 29.2 Å². The molecule has 2 aromatic rings. The summed E-state index contributed by atoms with van der Waals surface area (Å²) in [6.45, 7) is 4.48. The molecular weight excluding hydrogens is 292 g/mol. The summed E-state index contributed by atoms with van der Waals surface area (Å²) in [6.07, 6.45) is 1.29. The molecule has 2 heterocycles. The standard InChI is InChI=1S/C14H16N4O2.ClH/c1-10-8-15-6-7-18(10)14(19)12-4-2-11(3-5-12)13-16-9-20-17-13;/h2-5,9-10,15H,6-8H2,1H3;1H. The van der Waals surface area contributed by atoms with E-state index in [9.17, 15) is 4.79 Å². The van der Waals surface area contributed by atoms with Gasteiger partial charge < -0.3 is 14.7 Å².